The fourth-order valence-electron chi connectivity index (χ4n) is 2.00. The summed E-state index contributed by atoms with van der Waals surface area (Å²) in [5.41, 5.74) is 0. The van der Waals surface area contributed by atoms with E-state index in [4.69, 9.17) is 0 Å². The normalized spacial score (nSPS) is 21.7. The summed E-state index contributed by atoms with van der Waals surface area (Å²) in [6.07, 6.45) is 5.53. The van der Waals surface area contributed by atoms with E-state index in [0.717, 1.165) is 6.04 Å². The van der Waals surface area contributed by atoms with Crippen LogP contribution in [0.1, 0.15) is 39.5 Å². The quantitative estimate of drug-likeness (QED) is 0.656. The predicted octanol–water partition coefficient (Wildman–Crippen LogP) is 1.86. The Kier molecular flexibility index (Phi) is 5.40. The average Bonchev–Trinajstić information content (AvgIpc) is 2.19. The van der Waals surface area contributed by atoms with Gasteiger partial charge in [-0.15, -0.1) is 0 Å². The minimum atomic E-state index is 0.800. The average molecular weight is 184 g/mol. The van der Waals surface area contributed by atoms with E-state index < -0.39 is 0 Å². The van der Waals surface area contributed by atoms with E-state index in [0.29, 0.717) is 0 Å². The summed E-state index contributed by atoms with van der Waals surface area (Å²) in [7, 11) is 0. The molecule has 1 saturated heterocycles. The highest BCUT2D eigenvalue weighted by Crippen LogP contribution is 2.09. The van der Waals surface area contributed by atoms with Crippen LogP contribution in [-0.4, -0.2) is 37.1 Å². The number of hydrogen-bond acceptors (Lipinski definition) is 2. The maximum atomic E-state index is 3.40. The molecule has 1 N–H and O–H groups in total. The molecule has 1 fully saturated rings. The molecule has 0 radical (unpaired) electrons. The standard InChI is InChI=1S/C11H24N2/c1-3-4-5-6-11(2)13-9-7-12-8-10-13/h11-12H,3-10H2,1-2H3. The maximum Gasteiger partial charge on any atom is 0.0110 e. The van der Waals surface area contributed by atoms with Crippen molar-refractivity contribution in [2.45, 2.75) is 45.6 Å². The molecule has 13 heavy (non-hydrogen) atoms. The molecule has 1 aliphatic heterocycles. The van der Waals surface area contributed by atoms with Crippen LogP contribution in [-0.2, 0) is 0 Å². The van der Waals surface area contributed by atoms with Gasteiger partial charge in [-0.1, -0.05) is 26.2 Å². The molecule has 1 rings (SSSR count). The Bertz CT molecular complexity index is 119. The molecule has 0 saturated carbocycles. The molecular formula is C11H24N2. The minimum Gasteiger partial charge on any atom is -0.314 e. The SMILES string of the molecule is CCCCCC(C)N1CCNCC1. The van der Waals surface area contributed by atoms with Crippen molar-refractivity contribution in [1.29, 1.82) is 0 Å². The molecule has 0 aliphatic carbocycles. The highest BCUT2D eigenvalue weighted by Gasteiger charge is 2.15. The lowest BCUT2D eigenvalue weighted by molar-refractivity contribution is 0.174. The number of rotatable bonds is 5. The first-order valence-electron chi connectivity index (χ1n) is 5.79. The summed E-state index contributed by atoms with van der Waals surface area (Å²) >= 11 is 0. The molecule has 0 bridgehead atoms. The van der Waals surface area contributed by atoms with Gasteiger partial charge in [-0.3, -0.25) is 4.90 Å². The summed E-state index contributed by atoms with van der Waals surface area (Å²) in [6.45, 7) is 9.49. The zero-order chi connectivity index (χ0) is 9.52. The van der Waals surface area contributed by atoms with Crippen molar-refractivity contribution in [3.05, 3.63) is 0 Å². The van der Waals surface area contributed by atoms with Crippen LogP contribution in [0.3, 0.4) is 0 Å². The molecule has 78 valence electrons. The molecule has 0 spiro atoms. The van der Waals surface area contributed by atoms with Crippen LogP contribution in [0.5, 0.6) is 0 Å². The first-order chi connectivity index (χ1) is 6.34. The summed E-state index contributed by atoms with van der Waals surface area (Å²) in [6, 6.07) is 0.800. The Balaban J connectivity index is 2.09. The Morgan fingerprint density at radius 1 is 1.23 bits per heavy atom. The molecule has 1 aliphatic rings. The summed E-state index contributed by atoms with van der Waals surface area (Å²) in [5, 5.41) is 3.40. The van der Waals surface area contributed by atoms with Gasteiger partial charge in [0.1, 0.15) is 0 Å². The van der Waals surface area contributed by atoms with Gasteiger partial charge in [0, 0.05) is 32.2 Å². The zero-order valence-corrected chi connectivity index (χ0v) is 9.18. The summed E-state index contributed by atoms with van der Waals surface area (Å²) in [4.78, 5) is 2.62. The van der Waals surface area contributed by atoms with E-state index in [-0.39, 0.29) is 0 Å². The van der Waals surface area contributed by atoms with Crippen LogP contribution >= 0.6 is 0 Å². The molecule has 1 unspecified atom stereocenters. The van der Waals surface area contributed by atoms with Gasteiger partial charge >= 0.3 is 0 Å². The van der Waals surface area contributed by atoms with Crippen molar-refractivity contribution < 1.29 is 0 Å². The Hall–Kier alpha value is -0.0800. The second kappa shape index (κ2) is 6.39. The van der Waals surface area contributed by atoms with Gasteiger partial charge in [0.05, 0.1) is 0 Å². The predicted molar refractivity (Wildman–Crippen MR) is 58.0 cm³/mol. The lowest BCUT2D eigenvalue weighted by atomic mass is 10.1. The van der Waals surface area contributed by atoms with E-state index in [1.807, 2.05) is 0 Å². The third-order valence-corrected chi connectivity index (χ3v) is 3.00. The molecule has 0 amide bonds. The number of piperazine rings is 1. The van der Waals surface area contributed by atoms with Gasteiger partial charge < -0.3 is 5.32 Å². The Labute approximate surface area is 82.7 Å². The van der Waals surface area contributed by atoms with Gasteiger partial charge in [-0.05, 0) is 13.3 Å². The van der Waals surface area contributed by atoms with Crippen LogP contribution in [0.25, 0.3) is 0 Å². The number of nitrogens with zero attached hydrogens (tertiary/aromatic N) is 1. The maximum absolute atomic E-state index is 3.40. The molecule has 1 atom stereocenters. The van der Waals surface area contributed by atoms with Gasteiger partial charge in [0.15, 0.2) is 0 Å². The van der Waals surface area contributed by atoms with Gasteiger partial charge in [0.25, 0.3) is 0 Å². The second-order valence-corrected chi connectivity index (χ2v) is 4.13. The molecule has 0 aromatic heterocycles. The van der Waals surface area contributed by atoms with E-state index in [2.05, 4.69) is 24.1 Å². The van der Waals surface area contributed by atoms with Crippen LogP contribution in [0.4, 0.5) is 0 Å². The monoisotopic (exact) mass is 184 g/mol. The van der Waals surface area contributed by atoms with Crippen LogP contribution < -0.4 is 5.32 Å². The fourth-order valence-corrected chi connectivity index (χ4v) is 2.00. The van der Waals surface area contributed by atoms with Crippen LogP contribution in [0, 0.1) is 0 Å². The Morgan fingerprint density at radius 3 is 2.54 bits per heavy atom. The van der Waals surface area contributed by atoms with E-state index in [1.54, 1.807) is 0 Å². The minimum absolute atomic E-state index is 0.800. The molecule has 0 aromatic rings. The third kappa shape index (κ3) is 4.10. The van der Waals surface area contributed by atoms with Crippen molar-refractivity contribution in [3.63, 3.8) is 0 Å². The van der Waals surface area contributed by atoms with Crippen LogP contribution in [0.15, 0.2) is 0 Å². The van der Waals surface area contributed by atoms with Crippen molar-refractivity contribution in [1.82, 2.24) is 10.2 Å². The van der Waals surface area contributed by atoms with Crippen molar-refractivity contribution >= 4 is 0 Å². The number of unbranched alkanes of at least 4 members (excludes halogenated alkanes) is 2. The van der Waals surface area contributed by atoms with Gasteiger partial charge in [-0.2, -0.15) is 0 Å². The van der Waals surface area contributed by atoms with Crippen molar-refractivity contribution in [2.75, 3.05) is 26.2 Å². The van der Waals surface area contributed by atoms with Crippen molar-refractivity contribution in [3.8, 4) is 0 Å². The molecule has 1 heterocycles. The van der Waals surface area contributed by atoms with E-state index in [9.17, 15) is 0 Å². The first kappa shape index (κ1) is 11.0. The molecule has 2 nitrogen and oxygen atoms in total. The third-order valence-electron chi connectivity index (χ3n) is 3.00. The summed E-state index contributed by atoms with van der Waals surface area (Å²) in [5.74, 6) is 0. The number of nitrogens with one attached hydrogen (secondary N) is 1. The number of hydrogen-bond donors (Lipinski definition) is 1. The van der Waals surface area contributed by atoms with E-state index >= 15 is 0 Å². The van der Waals surface area contributed by atoms with Crippen LogP contribution in [0.2, 0.25) is 0 Å². The zero-order valence-electron chi connectivity index (χ0n) is 9.18. The second-order valence-electron chi connectivity index (χ2n) is 4.13. The van der Waals surface area contributed by atoms with E-state index in [1.165, 1.54) is 51.9 Å². The topological polar surface area (TPSA) is 15.3 Å². The first-order valence-corrected chi connectivity index (χ1v) is 5.79. The lowest BCUT2D eigenvalue weighted by Gasteiger charge is -2.32. The van der Waals surface area contributed by atoms with Gasteiger partial charge in [0.2, 0.25) is 0 Å². The highest BCUT2D eigenvalue weighted by atomic mass is 15.2. The lowest BCUT2D eigenvalue weighted by Crippen LogP contribution is -2.47. The highest BCUT2D eigenvalue weighted by molar-refractivity contribution is 4.73. The molecule has 2 heteroatoms. The fraction of sp³-hybridized carbons (Fsp3) is 1.00. The molecule has 0 aromatic carbocycles. The molecular weight excluding hydrogens is 160 g/mol. The van der Waals surface area contributed by atoms with Gasteiger partial charge in [-0.25, -0.2) is 0 Å². The Morgan fingerprint density at radius 2 is 1.92 bits per heavy atom. The summed E-state index contributed by atoms with van der Waals surface area (Å²) < 4.78 is 0. The largest absolute Gasteiger partial charge is 0.314 e. The smallest absolute Gasteiger partial charge is 0.0110 e. The van der Waals surface area contributed by atoms with Crippen molar-refractivity contribution in [2.24, 2.45) is 0 Å².